The average Bonchev–Trinajstić information content (AvgIpc) is 2.11. The zero-order valence-electron chi connectivity index (χ0n) is 12.0. The Kier molecular flexibility index (Phi) is 4.69. The molecule has 96 valence electrons. The summed E-state index contributed by atoms with van der Waals surface area (Å²) >= 11 is 4.38. The summed E-state index contributed by atoms with van der Waals surface area (Å²) in [7, 11) is 2.00. The number of thiol groups is 1. The van der Waals surface area contributed by atoms with Crippen LogP contribution in [0, 0.1) is 5.41 Å². The van der Waals surface area contributed by atoms with Crippen molar-refractivity contribution in [3.63, 3.8) is 0 Å². The molecule has 0 aliphatic carbocycles. The van der Waals surface area contributed by atoms with Crippen molar-refractivity contribution < 1.29 is 4.79 Å². The van der Waals surface area contributed by atoms with Crippen molar-refractivity contribution in [3.8, 4) is 0 Å². The van der Waals surface area contributed by atoms with E-state index in [-0.39, 0.29) is 16.7 Å². The normalized spacial score (nSPS) is 17.4. The van der Waals surface area contributed by atoms with E-state index in [1.807, 2.05) is 34.7 Å². The maximum Gasteiger partial charge on any atom is 0.158 e. The molecule has 0 bridgehead atoms. The molecule has 3 heteroatoms. The van der Waals surface area contributed by atoms with Gasteiger partial charge >= 0.3 is 0 Å². The Hall–Kier alpha value is -0.0200. The predicted molar refractivity (Wildman–Crippen MR) is 74.2 cm³/mol. The smallest absolute Gasteiger partial charge is 0.158 e. The van der Waals surface area contributed by atoms with Gasteiger partial charge < -0.3 is 0 Å². The van der Waals surface area contributed by atoms with Gasteiger partial charge in [-0.2, -0.15) is 12.6 Å². The number of nitrogens with zero attached hydrogens (tertiary/aromatic N) is 1. The summed E-state index contributed by atoms with van der Waals surface area (Å²) in [5.41, 5.74) is -0.894. The molecule has 1 atom stereocenters. The second-order valence-electron chi connectivity index (χ2n) is 6.74. The molecule has 0 saturated carbocycles. The monoisotopic (exact) mass is 245 g/mol. The molecular weight excluding hydrogens is 218 g/mol. The van der Waals surface area contributed by atoms with Crippen LogP contribution in [0.5, 0.6) is 0 Å². The summed E-state index contributed by atoms with van der Waals surface area (Å²) in [6.07, 6.45) is 0. The van der Waals surface area contributed by atoms with E-state index in [1.165, 1.54) is 0 Å². The number of likely N-dealkylation sites (N-methyl/N-ethyl adjacent to an activating group) is 1. The summed E-state index contributed by atoms with van der Waals surface area (Å²) in [4.78, 5) is 14.6. The molecule has 0 unspecified atom stereocenters. The average molecular weight is 245 g/mol. The van der Waals surface area contributed by atoms with Gasteiger partial charge in [0.25, 0.3) is 0 Å². The van der Waals surface area contributed by atoms with Crippen molar-refractivity contribution in [1.29, 1.82) is 0 Å². The fourth-order valence-electron chi connectivity index (χ4n) is 1.88. The van der Waals surface area contributed by atoms with Gasteiger partial charge in [-0.05, 0) is 34.7 Å². The van der Waals surface area contributed by atoms with E-state index in [0.717, 1.165) is 0 Å². The molecule has 0 saturated heterocycles. The molecule has 0 spiro atoms. The molecular formula is C13H27NOS. The van der Waals surface area contributed by atoms with E-state index < -0.39 is 5.54 Å². The van der Waals surface area contributed by atoms with Gasteiger partial charge in [0.15, 0.2) is 5.78 Å². The number of ketones is 1. The Morgan fingerprint density at radius 3 is 1.62 bits per heavy atom. The van der Waals surface area contributed by atoms with E-state index >= 15 is 0 Å². The molecule has 0 amide bonds. The third kappa shape index (κ3) is 3.24. The molecule has 0 aromatic carbocycles. The summed E-state index contributed by atoms with van der Waals surface area (Å²) in [6.45, 7) is 14.2. The van der Waals surface area contributed by atoms with Crippen molar-refractivity contribution >= 4 is 18.4 Å². The van der Waals surface area contributed by atoms with Crippen LogP contribution >= 0.6 is 12.6 Å². The fraction of sp³-hybridized carbons (Fsp3) is 0.923. The van der Waals surface area contributed by atoms with Crippen LogP contribution in [-0.4, -0.2) is 34.6 Å². The van der Waals surface area contributed by atoms with Gasteiger partial charge in [0.2, 0.25) is 0 Å². The highest BCUT2D eigenvalue weighted by Crippen LogP contribution is 2.32. The predicted octanol–water partition coefficient (Wildman–Crippen LogP) is 3.02. The van der Waals surface area contributed by atoms with E-state index in [0.29, 0.717) is 5.75 Å². The lowest BCUT2D eigenvalue weighted by Gasteiger charge is -2.47. The third-order valence-electron chi connectivity index (χ3n) is 3.22. The minimum absolute atomic E-state index is 0.0433. The quantitative estimate of drug-likeness (QED) is 0.771. The molecule has 0 aromatic rings. The summed E-state index contributed by atoms with van der Waals surface area (Å²) in [5, 5.41) is 0. The van der Waals surface area contributed by atoms with Gasteiger partial charge in [0.05, 0.1) is 5.54 Å². The first-order valence-electron chi connectivity index (χ1n) is 5.77. The van der Waals surface area contributed by atoms with E-state index in [4.69, 9.17) is 0 Å². The van der Waals surface area contributed by atoms with Crippen LogP contribution in [0.4, 0.5) is 0 Å². The van der Waals surface area contributed by atoms with Crippen LogP contribution in [0.1, 0.15) is 48.5 Å². The molecule has 0 rings (SSSR count). The minimum atomic E-state index is -0.514. The SMILES string of the molecule is CN(C(C)(C)C)[C@](C)(CS)C(=O)C(C)(C)C. The van der Waals surface area contributed by atoms with Crippen LogP contribution < -0.4 is 0 Å². The molecule has 0 radical (unpaired) electrons. The Bertz CT molecular complexity index is 262. The van der Waals surface area contributed by atoms with Gasteiger partial charge in [0.1, 0.15) is 0 Å². The lowest BCUT2D eigenvalue weighted by molar-refractivity contribution is -0.139. The van der Waals surface area contributed by atoms with Crippen molar-refractivity contribution in [2.24, 2.45) is 5.41 Å². The molecule has 0 heterocycles. The maximum atomic E-state index is 12.5. The lowest BCUT2D eigenvalue weighted by atomic mass is 9.78. The van der Waals surface area contributed by atoms with Gasteiger partial charge in [-0.25, -0.2) is 0 Å². The Morgan fingerprint density at radius 1 is 1.06 bits per heavy atom. The Labute approximate surface area is 106 Å². The number of carbonyl (C=O) groups excluding carboxylic acids is 1. The van der Waals surface area contributed by atoms with E-state index in [9.17, 15) is 4.79 Å². The molecule has 0 N–H and O–H groups in total. The molecule has 2 nitrogen and oxygen atoms in total. The first kappa shape index (κ1) is 16.0. The second-order valence-corrected chi connectivity index (χ2v) is 7.06. The Balaban J connectivity index is 5.31. The highest BCUT2D eigenvalue weighted by atomic mass is 32.1. The van der Waals surface area contributed by atoms with Crippen LogP contribution in [-0.2, 0) is 4.79 Å². The minimum Gasteiger partial charge on any atom is -0.297 e. The van der Waals surface area contributed by atoms with E-state index in [2.05, 4.69) is 38.3 Å². The van der Waals surface area contributed by atoms with Gasteiger partial charge in [-0.3, -0.25) is 9.69 Å². The number of Topliss-reactive ketones (excluding diaryl/α,β-unsaturated/α-hetero) is 1. The number of hydrogen-bond acceptors (Lipinski definition) is 3. The first-order valence-corrected chi connectivity index (χ1v) is 6.40. The summed E-state index contributed by atoms with van der Waals surface area (Å²) in [6, 6.07) is 0. The van der Waals surface area contributed by atoms with Crippen molar-refractivity contribution in [1.82, 2.24) is 4.90 Å². The van der Waals surface area contributed by atoms with Gasteiger partial charge in [-0.1, -0.05) is 20.8 Å². The molecule has 0 aliphatic heterocycles. The summed E-state index contributed by atoms with van der Waals surface area (Å²) in [5.74, 6) is 0.782. The highest BCUT2D eigenvalue weighted by molar-refractivity contribution is 7.80. The Morgan fingerprint density at radius 2 is 1.44 bits per heavy atom. The topological polar surface area (TPSA) is 20.3 Å². The standard InChI is InChI=1S/C13H27NOS/c1-11(2,3)10(15)13(7,9-16)14(8)12(4,5)6/h16H,9H2,1-8H3/t13-/m1/s1. The largest absolute Gasteiger partial charge is 0.297 e. The van der Waals surface area contributed by atoms with Crippen molar-refractivity contribution in [3.05, 3.63) is 0 Å². The molecule has 0 fully saturated rings. The molecule has 0 aromatic heterocycles. The van der Waals surface area contributed by atoms with Crippen molar-refractivity contribution in [2.45, 2.75) is 59.5 Å². The third-order valence-corrected chi connectivity index (χ3v) is 3.84. The number of carbonyl (C=O) groups is 1. The highest BCUT2D eigenvalue weighted by Gasteiger charge is 2.45. The lowest BCUT2D eigenvalue weighted by Crippen LogP contribution is -2.61. The van der Waals surface area contributed by atoms with Crippen LogP contribution in [0.25, 0.3) is 0 Å². The first-order chi connectivity index (χ1) is 6.87. The fourth-order valence-corrected chi connectivity index (χ4v) is 2.23. The van der Waals surface area contributed by atoms with Crippen LogP contribution in [0.3, 0.4) is 0 Å². The number of rotatable bonds is 3. The van der Waals surface area contributed by atoms with E-state index in [1.54, 1.807) is 0 Å². The maximum absolute atomic E-state index is 12.5. The molecule has 16 heavy (non-hydrogen) atoms. The second kappa shape index (κ2) is 4.69. The molecule has 0 aliphatic rings. The van der Waals surface area contributed by atoms with Gasteiger partial charge in [0, 0.05) is 16.7 Å². The zero-order valence-corrected chi connectivity index (χ0v) is 12.9. The zero-order chi connectivity index (χ0) is 13.4. The van der Waals surface area contributed by atoms with Crippen LogP contribution in [0.15, 0.2) is 0 Å². The van der Waals surface area contributed by atoms with Crippen LogP contribution in [0.2, 0.25) is 0 Å². The van der Waals surface area contributed by atoms with Gasteiger partial charge in [-0.15, -0.1) is 0 Å². The summed E-state index contributed by atoms with van der Waals surface area (Å²) < 4.78 is 0. The van der Waals surface area contributed by atoms with Crippen molar-refractivity contribution in [2.75, 3.05) is 12.8 Å². The number of hydrogen-bond donors (Lipinski definition) is 1.